The van der Waals surface area contributed by atoms with Gasteiger partial charge >= 0.3 is 0 Å². The molecule has 1 heterocycles. The maximum atomic E-state index is 13.0. The van der Waals surface area contributed by atoms with Gasteiger partial charge in [-0.1, -0.05) is 35.9 Å². The number of fused-ring (bicyclic) bond motifs is 1. The zero-order valence-corrected chi connectivity index (χ0v) is 15.8. The number of aliphatic hydroxyl groups excluding tert-OH is 1. The van der Waals surface area contributed by atoms with Crippen LogP contribution in [-0.2, 0) is 4.79 Å². The maximum Gasteiger partial charge on any atom is 0.257 e. The summed E-state index contributed by atoms with van der Waals surface area (Å²) in [6.07, 6.45) is -1.11. The van der Waals surface area contributed by atoms with Gasteiger partial charge in [0.2, 0.25) is 0 Å². The second kappa shape index (κ2) is 7.79. The van der Waals surface area contributed by atoms with Crippen LogP contribution in [0.25, 0.3) is 0 Å². The molecule has 0 unspecified atom stereocenters. The molecule has 0 saturated carbocycles. The van der Waals surface area contributed by atoms with E-state index in [9.17, 15) is 9.90 Å². The molecule has 1 aliphatic rings. The van der Waals surface area contributed by atoms with E-state index in [4.69, 9.17) is 11.6 Å². The summed E-state index contributed by atoms with van der Waals surface area (Å²) in [6, 6.07) is 15.1. The van der Waals surface area contributed by atoms with Crippen molar-refractivity contribution in [3.8, 4) is 0 Å². The van der Waals surface area contributed by atoms with Gasteiger partial charge in [-0.05, 0) is 43.9 Å². The molecule has 2 aromatic rings. The van der Waals surface area contributed by atoms with Crippen LogP contribution in [0.2, 0.25) is 5.02 Å². The molecule has 0 radical (unpaired) electrons. The normalized spacial score (nSPS) is 20.5. The number of rotatable bonds is 4. The third kappa shape index (κ3) is 4.01. The largest absolute Gasteiger partial charge is 0.382 e. The highest BCUT2D eigenvalue weighted by molar-refractivity contribution is 7.99. The van der Waals surface area contributed by atoms with E-state index in [2.05, 4.69) is 0 Å². The first kappa shape index (κ1) is 18.3. The summed E-state index contributed by atoms with van der Waals surface area (Å²) < 4.78 is 0. The van der Waals surface area contributed by atoms with Gasteiger partial charge in [-0.2, -0.15) is 0 Å². The molecule has 0 aliphatic carbocycles. The number of amides is 1. The molecule has 1 amide bonds. The van der Waals surface area contributed by atoms with Crippen LogP contribution in [0.15, 0.2) is 53.4 Å². The van der Waals surface area contributed by atoms with Gasteiger partial charge < -0.3 is 14.9 Å². The van der Waals surface area contributed by atoms with Crippen LogP contribution in [-0.4, -0.2) is 49.2 Å². The van der Waals surface area contributed by atoms with Gasteiger partial charge in [0.25, 0.3) is 5.91 Å². The molecule has 4 nitrogen and oxygen atoms in total. The third-order valence-electron chi connectivity index (χ3n) is 4.19. The number of likely N-dealkylation sites (N-methyl/N-ethyl adjacent to an activating group) is 1. The van der Waals surface area contributed by atoms with Gasteiger partial charge in [0, 0.05) is 23.0 Å². The lowest BCUT2D eigenvalue weighted by Crippen LogP contribution is -2.43. The molecule has 2 aromatic carbocycles. The Kier molecular flexibility index (Phi) is 5.69. The highest BCUT2D eigenvalue weighted by Crippen LogP contribution is 2.45. The number of thioether (sulfide) groups is 1. The van der Waals surface area contributed by atoms with Crippen LogP contribution in [0, 0.1) is 0 Å². The van der Waals surface area contributed by atoms with Crippen LogP contribution in [0.1, 0.15) is 10.8 Å². The number of hydrogen-bond acceptors (Lipinski definition) is 4. The average Bonchev–Trinajstić information content (AvgIpc) is 2.70. The first-order chi connectivity index (χ1) is 12.0. The predicted molar refractivity (Wildman–Crippen MR) is 103 cm³/mol. The van der Waals surface area contributed by atoms with Crippen molar-refractivity contribution in [3.63, 3.8) is 0 Å². The summed E-state index contributed by atoms with van der Waals surface area (Å²) in [5.74, 6) is -0.265. The summed E-state index contributed by atoms with van der Waals surface area (Å²) in [7, 11) is 3.94. The Hall–Kier alpha value is -1.53. The summed E-state index contributed by atoms with van der Waals surface area (Å²) in [4.78, 5) is 17.7. The molecule has 3 rings (SSSR count). The molecule has 0 fully saturated rings. The quantitative estimate of drug-likeness (QED) is 0.887. The second-order valence-electron chi connectivity index (χ2n) is 6.30. The monoisotopic (exact) mass is 376 g/mol. The smallest absolute Gasteiger partial charge is 0.257 e. The lowest BCUT2D eigenvalue weighted by molar-refractivity contribution is -0.126. The highest BCUT2D eigenvalue weighted by Gasteiger charge is 2.37. The molecule has 1 aliphatic heterocycles. The standard InChI is InChI=1S/C19H21ClN2O2S/c1-21(2)11-12-22-15-5-3-4-6-16(15)25-18(17(23)19(22)24)13-7-9-14(20)10-8-13/h3-10,17-18,23H,11-12H2,1-2H3/t17-,18+/m0/s1. The number of anilines is 1. The number of carbonyl (C=O) groups is 1. The number of hydrogen-bond donors (Lipinski definition) is 1. The number of para-hydroxylation sites is 1. The van der Waals surface area contributed by atoms with Crippen molar-refractivity contribution in [1.29, 1.82) is 0 Å². The molecule has 2 atom stereocenters. The first-order valence-corrected chi connectivity index (χ1v) is 9.38. The molecular weight excluding hydrogens is 356 g/mol. The molecule has 0 spiro atoms. The minimum absolute atomic E-state index is 0.265. The lowest BCUT2D eigenvalue weighted by Gasteiger charge is -2.26. The fourth-order valence-electron chi connectivity index (χ4n) is 2.82. The second-order valence-corrected chi connectivity index (χ2v) is 7.92. The average molecular weight is 377 g/mol. The molecule has 6 heteroatoms. The van der Waals surface area contributed by atoms with Gasteiger partial charge in [-0.3, -0.25) is 4.79 Å². The minimum Gasteiger partial charge on any atom is -0.382 e. The van der Waals surface area contributed by atoms with Crippen molar-refractivity contribution in [2.45, 2.75) is 16.2 Å². The van der Waals surface area contributed by atoms with E-state index in [0.717, 1.165) is 22.7 Å². The fraction of sp³-hybridized carbons (Fsp3) is 0.316. The molecule has 0 saturated heterocycles. The predicted octanol–water partition coefficient (Wildman–Crippen LogP) is 3.44. The molecule has 0 aromatic heterocycles. The highest BCUT2D eigenvalue weighted by atomic mass is 35.5. The number of halogens is 1. The Balaban J connectivity index is 1.99. The number of aliphatic hydroxyl groups is 1. The van der Waals surface area contributed by atoms with Crippen LogP contribution >= 0.6 is 23.4 Å². The Bertz CT molecular complexity index is 751. The number of carbonyl (C=O) groups excluding carboxylic acids is 1. The van der Waals surface area contributed by atoms with Gasteiger partial charge in [0.15, 0.2) is 0 Å². The fourth-order valence-corrected chi connectivity index (χ4v) is 4.22. The zero-order chi connectivity index (χ0) is 18.0. The van der Waals surface area contributed by atoms with E-state index in [-0.39, 0.29) is 11.2 Å². The molecule has 132 valence electrons. The van der Waals surface area contributed by atoms with Crippen LogP contribution in [0.3, 0.4) is 0 Å². The van der Waals surface area contributed by atoms with Crippen molar-refractivity contribution in [2.75, 3.05) is 32.1 Å². The third-order valence-corrected chi connectivity index (χ3v) is 5.82. The topological polar surface area (TPSA) is 43.8 Å². The number of benzene rings is 2. The Morgan fingerprint density at radius 2 is 1.84 bits per heavy atom. The minimum atomic E-state index is -1.11. The van der Waals surface area contributed by atoms with Crippen LogP contribution in [0.5, 0.6) is 0 Å². The van der Waals surface area contributed by atoms with Crippen molar-refractivity contribution in [2.24, 2.45) is 0 Å². The SMILES string of the molecule is CN(C)CCN1C(=O)[C@@H](O)[C@@H](c2ccc(Cl)cc2)Sc2ccccc21. The van der Waals surface area contributed by atoms with Crippen molar-refractivity contribution < 1.29 is 9.90 Å². The van der Waals surface area contributed by atoms with Gasteiger partial charge in [-0.15, -0.1) is 11.8 Å². The zero-order valence-electron chi connectivity index (χ0n) is 14.2. The molecule has 25 heavy (non-hydrogen) atoms. The van der Waals surface area contributed by atoms with Crippen molar-refractivity contribution >= 4 is 35.0 Å². The van der Waals surface area contributed by atoms with Crippen molar-refractivity contribution in [1.82, 2.24) is 4.90 Å². The Morgan fingerprint density at radius 3 is 2.52 bits per heavy atom. The Morgan fingerprint density at radius 1 is 1.16 bits per heavy atom. The molecule has 0 bridgehead atoms. The maximum absolute atomic E-state index is 13.0. The van der Waals surface area contributed by atoms with Gasteiger partial charge in [0.1, 0.15) is 6.10 Å². The van der Waals surface area contributed by atoms with Crippen LogP contribution in [0.4, 0.5) is 5.69 Å². The summed E-state index contributed by atoms with van der Waals surface area (Å²) in [6.45, 7) is 1.26. The number of nitrogens with zero attached hydrogens (tertiary/aromatic N) is 2. The summed E-state index contributed by atoms with van der Waals surface area (Å²) in [5, 5.41) is 11.1. The lowest BCUT2D eigenvalue weighted by atomic mass is 10.1. The van der Waals surface area contributed by atoms with Crippen LogP contribution < -0.4 is 4.90 Å². The molecular formula is C19H21ClN2O2S. The van der Waals surface area contributed by atoms with Gasteiger partial charge in [-0.25, -0.2) is 0 Å². The van der Waals surface area contributed by atoms with E-state index in [1.54, 1.807) is 17.0 Å². The van der Waals surface area contributed by atoms with Gasteiger partial charge in [0.05, 0.1) is 10.9 Å². The van der Waals surface area contributed by atoms with E-state index in [1.165, 1.54) is 11.8 Å². The van der Waals surface area contributed by atoms with E-state index >= 15 is 0 Å². The van der Waals surface area contributed by atoms with Crippen molar-refractivity contribution in [3.05, 3.63) is 59.1 Å². The molecule has 1 N–H and O–H groups in total. The summed E-state index contributed by atoms with van der Waals surface area (Å²) >= 11 is 7.49. The Labute approximate surface area is 157 Å². The van der Waals surface area contributed by atoms with E-state index < -0.39 is 6.10 Å². The van der Waals surface area contributed by atoms with E-state index in [0.29, 0.717) is 11.6 Å². The first-order valence-electron chi connectivity index (χ1n) is 8.12. The summed E-state index contributed by atoms with van der Waals surface area (Å²) in [5.41, 5.74) is 1.74. The van der Waals surface area contributed by atoms with E-state index in [1.807, 2.05) is 55.4 Å².